The highest BCUT2D eigenvalue weighted by atomic mass is 35.5. The molecule has 0 spiro atoms. The molecule has 1 amide bonds. The van der Waals surface area contributed by atoms with Crippen molar-refractivity contribution in [2.24, 2.45) is 5.92 Å². The van der Waals surface area contributed by atoms with Crippen molar-refractivity contribution in [2.45, 2.75) is 6.42 Å². The fourth-order valence-electron chi connectivity index (χ4n) is 2.01. The number of rotatable bonds is 7. The van der Waals surface area contributed by atoms with Gasteiger partial charge in [0.15, 0.2) is 0 Å². The number of hydrogen-bond donors (Lipinski definition) is 2. The lowest BCUT2D eigenvalue weighted by molar-refractivity contribution is -0.116. The Hall–Kier alpha value is -2.24. The molecule has 1 unspecified atom stereocenters. The van der Waals surface area contributed by atoms with E-state index >= 15 is 0 Å². The van der Waals surface area contributed by atoms with Crippen LogP contribution >= 0.6 is 11.6 Å². The molecule has 0 saturated carbocycles. The fraction of sp³-hybridized carbons (Fsp3) is 0.235. The number of aliphatic hydroxyl groups excluding tert-OH is 1. The van der Waals surface area contributed by atoms with Crippen LogP contribution in [0.3, 0.4) is 0 Å². The standard InChI is InChI=1S/C17H18ClN3O2/c18-16-10-13(6-8-20-16)4-5-17(23)21-11-14(12-22)9-15-3-1-2-7-19-15/h1-8,10,14,22H,9,11-12H2,(H,21,23)/b5-4+. The van der Waals surface area contributed by atoms with Crippen LogP contribution < -0.4 is 5.32 Å². The molecular weight excluding hydrogens is 314 g/mol. The van der Waals surface area contributed by atoms with Crippen LogP contribution in [0.4, 0.5) is 0 Å². The third kappa shape index (κ3) is 6.18. The third-order valence-corrected chi connectivity index (χ3v) is 3.43. The van der Waals surface area contributed by atoms with Gasteiger partial charge in [0, 0.05) is 43.2 Å². The van der Waals surface area contributed by atoms with Crippen LogP contribution in [0.15, 0.2) is 48.8 Å². The van der Waals surface area contributed by atoms with Crippen LogP contribution in [0.1, 0.15) is 11.3 Å². The molecule has 2 aromatic heterocycles. The lowest BCUT2D eigenvalue weighted by Crippen LogP contribution is -2.30. The Labute approximate surface area is 140 Å². The van der Waals surface area contributed by atoms with Gasteiger partial charge in [0.25, 0.3) is 0 Å². The maximum absolute atomic E-state index is 11.8. The number of carbonyl (C=O) groups is 1. The second-order valence-electron chi connectivity index (χ2n) is 5.06. The summed E-state index contributed by atoms with van der Waals surface area (Å²) in [4.78, 5) is 19.9. The van der Waals surface area contributed by atoms with E-state index in [0.717, 1.165) is 11.3 Å². The smallest absolute Gasteiger partial charge is 0.244 e. The minimum Gasteiger partial charge on any atom is -0.396 e. The molecule has 0 aliphatic carbocycles. The third-order valence-electron chi connectivity index (χ3n) is 3.22. The van der Waals surface area contributed by atoms with Gasteiger partial charge in [-0.15, -0.1) is 0 Å². The number of nitrogens with zero attached hydrogens (tertiary/aromatic N) is 2. The second kappa shape index (κ2) is 9.02. The van der Waals surface area contributed by atoms with Gasteiger partial charge in [0.1, 0.15) is 5.15 Å². The van der Waals surface area contributed by atoms with Crippen LogP contribution in [-0.4, -0.2) is 34.1 Å². The zero-order valence-corrected chi connectivity index (χ0v) is 13.3. The van der Waals surface area contributed by atoms with Gasteiger partial charge in [0.2, 0.25) is 5.91 Å². The Morgan fingerprint density at radius 2 is 2.17 bits per heavy atom. The van der Waals surface area contributed by atoms with Crippen LogP contribution in [0.25, 0.3) is 6.08 Å². The van der Waals surface area contributed by atoms with Gasteiger partial charge < -0.3 is 10.4 Å². The lowest BCUT2D eigenvalue weighted by atomic mass is 10.0. The first-order chi connectivity index (χ1) is 11.2. The van der Waals surface area contributed by atoms with E-state index in [1.807, 2.05) is 18.2 Å². The molecule has 2 aromatic rings. The van der Waals surface area contributed by atoms with Gasteiger partial charge in [-0.25, -0.2) is 4.98 Å². The maximum atomic E-state index is 11.8. The van der Waals surface area contributed by atoms with Gasteiger partial charge in [-0.3, -0.25) is 9.78 Å². The van der Waals surface area contributed by atoms with Crippen LogP contribution in [0, 0.1) is 5.92 Å². The Morgan fingerprint density at radius 1 is 1.30 bits per heavy atom. The minimum absolute atomic E-state index is 0.0134. The van der Waals surface area contributed by atoms with E-state index in [1.165, 1.54) is 6.08 Å². The molecule has 2 heterocycles. The number of aromatic nitrogens is 2. The molecule has 0 aromatic carbocycles. The summed E-state index contributed by atoms with van der Waals surface area (Å²) in [5.74, 6) is -0.296. The summed E-state index contributed by atoms with van der Waals surface area (Å²) in [5, 5.41) is 12.6. The Balaban J connectivity index is 1.82. The van der Waals surface area contributed by atoms with Gasteiger partial charge in [-0.05, 0) is 42.3 Å². The summed E-state index contributed by atoms with van der Waals surface area (Å²) in [6, 6.07) is 9.07. The van der Waals surface area contributed by atoms with E-state index in [-0.39, 0.29) is 18.4 Å². The Bertz CT molecular complexity index is 662. The van der Waals surface area contributed by atoms with Crippen molar-refractivity contribution in [3.8, 4) is 0 Å². The normalized spacial score (nSPS) is 12.3. The molecule has 0 bridgehead atoms. The number of halogens is 1. The van der Waals surface area contributed by atoms with Crippen molar-refractivity contribution in [1.29, 1.82) is 0 Å². The van der Waals surface area contributed by atoms with Crippen LogP contribution in [0.5, 0.6) is 0 Å². The first-order valence-electron chi connectivity index (χ1n) is 7.25. The van der Waals surface area contributed by atoms with E-state index < -0.39 is 0 Å². The second-order valence-corrected chi connectivity index (χ2v) is 5.45. The molecule has 6 heteroatoms. The van der Waals surface area contributed by atoms with Crippen molar-refractivity contribution in [3.63, 3.8) is 0 Å². The molecule has 2 N–H and O–H groups in total. The molecule has 1 atom stereocenters. The first kappa shape index (κ1) is 17.1. The fourth-order valence-corrected chi connectivity index (χ4v) is 2.20. The molecule has 0 fully saturated rings. The first-order valence-corrected chi connectivity index (χ1v) is 7.63. The molecule has 23 heavy (non-hydrogen) atoms. The molecule has 2 rings (SSSR count). The maximum Gasteiger partial charge on any atom is 0.244 e. The highest BCUT2D eigenvalue weighted by Crippen LogP contribution is 2.08. The summed E-state index contributed by atoms with van der Waals surface area (Å²) in [6.07, 6.45) is 7.00. The average Bonchev–Trinajstić information content (AvgIpc) is 2.57. The predicted molar refractivity (Wildman–Crippen MR) is 89.8 cm³/mol. The molecule has 0 saturated heterocycles. The lowest BCUT2D eigenvalue weighted by Gasteiger charge is -2.13. The summed E-state index contributed by atoms with van der Waals surface area (Å²) in [7, 11) is 0. The van der Waals surface area contributed by atoms with Crippen molar-refractivity contribution in [1.82, 2.24) is 15.3 Å². The quantitative estimate of drug-likeness (QED) is 0.602. The molecule has 0 aliphatic heterocycles. The number of aliphatic hydroxyl groups is 1. The van der Waals surface area contributed by atoms with Gasteiger partial charge >= 0.3 is 0 Å². The molecular formula is C17H18ClN3O2. The number of hydrogen-bond acceptors (Lipinski definition) is 4. The summed E-state index contributed by atoms with van der Waals surface area (Å²) < 4.78 is 0. The van der Waals surface area contributed by atoms with Crippen molar-refractivity contribution in [2.75, 3.05) is 13.2 Å². The van der Waals surface area contributed by atoms with Gasteiger partial charge in [0.05, 0.1) is 0 Å². The average molecular weight is 332 g/mol. The summed E-state index contributed by atoms with van der Waals surface area (Å²) in [5.41, 5.74) is 1.69. The van der Waals surface area contributed by atoms with Gasteiger partial charge in [-0.2, -0.15) is 0 Å². The van der Waals surface area contributed by atoms with E-state index in [2.05, 4.69) is 15.3 Å². The Morgan fingerprint density at radius 3 is 2.87 bits per heavy atom. The Kier molecular flexibility index (Phi) is 6.72. The largest absolute Gasteiger partial charge is 0.396 e. The zero-order valence-electron chi connectivity index (χ0n) is 12.5. The van der Waals surface area contributed by atoms with Gasteiger partial charge in [-0.1, -0.05) is 17.7 Å². The van der Waals surface area contributed by atoms with E-state index in [4.69, 9.17) is 11.6 Å². The van der Waals surface area contributed by atoms with E-state index in [1.54, 1.807) is 30.6 Å². The number of nitrogens with one attached hydrogen (secondary N) is 1. The monoisotopic (exact) mass is 331 g/mol. The van der Waals surface area contributed by atoms with Crippen molar-refractivity contribution in [3.05, 3.63) is 65.2 Å². The van der Waals surface area contributed by atoms with Crippen LogP contribution in [-0.2, 0) is 11.2 Å². The van der Waals surface area contributed by atoms with Crippen molar-refractivity contribution >= 4 is 23.6 Å². The number of amides is 1. The summed E-state index contributed by atoms with van der Waals surface area (Å²) in [6.45, 7) is 0.369. The summed E-state index contributed by atoms with van der Waals surface area (Å²) >= 11 is 5.78. The van der Waals surface area contributed by atoms with E-state index in [9.17, 15) is 9.90 Å². The SMILES string of the molecule is O=C(/C=C/c1ccnc(Cl)c1)NCC(CO)Cc1ccccn1. The predicted octanol–water partition coefficient (Wildman–Crippen LogP) is 2.11. The molecule has 5 nitrogen and oxygen atoms in total. The topological polar surface area (TPSA) is 75.1 Å². The zero-order chi connectivity index (χ0) is 16.5. The molecule has 0 aliphatic rings. The highest BCUT2D eigenvalue weighted by molar-refractivity contribution is 6.29. The molecule has 0 radical (unpaired) electrons. The number of carbonyl (C=O) groups excluding carboxylic acids is 1. The van der Waals surface area contributed by atoms with Crippen molar-refractivity contribution < 1.29 is 9.90 Å². The number of pyridine rings is 2. The minimum atomic E-state index is -0.225. The van der Waals surface area contributed by atoms with Crippen LogP contribution in [0.2, 0.25) is 5.15 Å². The van der Waals surface area contributed by atoms with E-state index in [0.29, 0.717) is 18.1 Å². The molecule has 120 valence electrons. The highest BCUT2D eigenvalue weighted by Gasteiger charge is 2.10.